The van der Waals surface area contributed by atoms with Crippen molar-refractivity contribution >= 4 is 18.2 Å². The smallest absolute Gasteiger partial charge is 0.280 e. The number of hydrogen-bond acceptors (Lipinski definition) is 4. The van der Waals surface area contributed by atoms with E-state index >= 15 is 0 Å². The van der Waals surface area contributed by atoms with Crippen molar-refractivity contribution in [2.45, 2.75) is 0 Å². The first-order chi connectivity index (χ1) is 7.86. The van der Waals surface area contributed by atoms with Crippen LogP contribution < -0.4 is 10.9 Å². The summed E-state index contributed by atoms with van der Waals surface area (Å²) in [6.07, 6.45) is 6.55. The molecule has 1 aliphatic rings. The monoisotopic (exact) mass is 217 g/mol. The number of rotatable bonds is 2. The van der Waals surface area contributed by atoms with Crippen LogP contribution in [0.2, 0.25) is 0 Å². The van der Waals surface area contributed by atoms with Gasteiger partial charge in [0, 0.05) is 18.9 Å². The standard InChI is InChI=1S/C10H11N5O/c16-10(15-7-3-5-11-8-15)14-13-9-4-1-2-6-12-9/h1-6,8H,7H2,(H,12,13)(H,14,16). The molecule has 0 saturated carbocycles. The lowest BCUT2D eigenvalue weighted by molar-refractivity contribution is 0.226. The molecule has 0 saturated heterocycles. The van der Waals surface area contributed by atoms with Crippen LogP contribution >= 0.6 is 0 Å². The lowest BCUT2D eigenvalue weighted by Gasteiger charge is -2.18. The van der Waals surface area contributed by atoms with Crippen LogP contribution in [0.15, 0.2) is 41.7 Å². The third kappa shape index (κ3) is 2.57. The van der Waals surface area contributed by atoms with Crippen molar-refractivity contribution in [3.05, 3.63) is 36.7 Å². The summed E-state index contributed by atoms with van der Waals surface area (Å²) in [5, 5.41) is 0. The summed E-state index contributed by atoms with van der Waals surface area (Å²) in [6, 6.07) is 5.10. The van der Waals surface area contributed by atoms with Crippen LogP contribution in [0, 0.1) is 0 Å². The molecule has 2 heterocycles. The van der Waals surface area contributed by atoms with Crippen LogP contribution in [0.25, 0.3) is 0 Å². The van der Waals surface area contributed by atoms with Gasteiger partial charge >= 0.3 is 6.03 Å². The van der Waals surface area contributed by atoms with Crippen molar-refractivity contribution in [1.82, 2.24) is 15.3 Å². The Balaban J connectivity index is 1.84. The molecule has 1 aromatic heterocycles. The quantitative estimate of drug-likeness (QED) is 0.725. The van der Waals surface area contributed by atoms with Gasteiger partial charge in [-0.25, -0.2) is 20.2 Å². The van der Waals surface area contributed by atoms with E-state index in [9.17, 15) is 4.79 Å². The molecule has 2 amide bonds. The average molecular weight is 217 g/mol. The number of aromatic nitrogens is 1. The largest absolute Gasteiger partial charge is 0.341 e. The third-order valence-electron chi connectivity index (χ3n) is 1.92. The van der Waals surface area contributed by atoms with Crippen molar-refractivity contribution in [2.75, 3.05) is 12.0 Å². The molecule has 0 aliphatic carbocycles. The molecule has 0 bridgehead atoms. The molecule has 0 unspecified atom stereocenters. The normalized spacial score (nSPS) is 13.6. The lowest BCUT2D eigenvalue weighted by Crippen LogP contribution is -2.42. The molecular weight excluding hydrogens is 206 g/mol. The van der Waals surface area contributed by atoms with Crippen molar-refractivity contribution in [3.63, 3.8) is 0 Å². The predicted octanol–water partition coefficient (Wildman–Crippen LogP) is 0.976. The molecule has 1 aromatic rings. The molecule has 2 N–H and O–H groups in total. The summed E-state index contributed by atoms with van der Waals surface area (Å²) in [5.41, 5.74) is 5.22. The van der Waals surface area contributed by atoms with Crippen LogP contribution in [0.4, 0.5) is 10.6 Å². The van der Waals surface area contributed by atoms with Crippen LogP contribution in [0.5, 0.6) is 0 Å². The fourth-order valence-corrected chi connectivity index (χ4v) is 1.15. The molecule has 0 fully saturated rings. The number of carbonyl (C=O) groups is 1. The minimum Gasteiger partial charge on any atom is -0.280 e. The van der Waals surface area contributed by atoms with Crippen LogP contribution in [0.1, 0.15) is 0 Å². The zero-order valence-corrected chi connectivity index (χ0v) is 8.50. The van der Waals surface area contributed by atoms with Crippen LogP contribution in [0.3, 0.4) is 0 Å². The molecule has 0 radical (unpaired) electrons. The second kappa shape index (κ2) is 4.92. The molecule has 16 heavy (non-hydrogen) atoms. The Bertz CT molecular complexity index is 414. The third-order valence-corrected chi connectivity index (χ3v) is 1.92. The van der Waals surface area contributed by atoms with Crippen molar-refractivity contribution < 1.29 is 4.79 Å². The number of hydrazine groups is 1. The molecule has 0 spiro atoms. The lowest BCUT2D eigenvalue weighted by atomic mass is 10.5. The highest BCUT2D eigenvalue weighted by Crippen LogP contribution is 1.98. The van der Waals surface area contributed by atoms with Gasteiger partial charge in [0.1, 0.15) is 5.82 Å². The molecule has 82 valence electrons. The van der Waals surface area contributed by atoms with Gasteiger partial charge < -0.3 is 0 Å². The van der Waals surface area contributed by atoms with Gasteiger partial charge in [-0.3, -0.25) is 10.3 Å². The summed E-state index contributed by atoms with van der Waals surface area (Å²) < 4.78 is 0. The molecule has 0 aromatic carbocycles. The Kier molecular flexibility index (Phi) is 3.12. The maximum Gasteiger partial charge on any atom is 0.341 e. The Morgan fingerprint density at radius 2 is 2.38 bits per heavy atom. The van der Waals surface area contributed by atoms with E-state index in [-0.39, 0.29) is 6.03 Å². The molecule has 2 rings (SSSR count). The van der Waals surface area contributed by atoms with Gasteiger partial charge in [-0.15, -0.1) is 0 Å². The Morgan fingerprint density at radius 3 is 3.06 bits per heavy atom. The first-order valence-corrected chi connectivity index (χ1v) is 4.78. The second-order valence-corrected chi connectivity index (χ2v) is 3.07. The van der Waals surface area contributed by atoms with E-state index < -0.39 is 0 Å². The highest BCUT2D eigenvalue weighted by Gasteiger charge is 2.10. The van der Waals surface area contributed by atoms with Gasteiger partial charge in [-0.2, -0.15) is 0 Å². The van der Waals surface area contributed by atoms with Gasteiger partial charge in [-0.1, -0.05) is 6.07 Å². The number of urea groups is 1. The summed E-state index contributed by atoms with van der Waals surface area (Å²) in [7, 11) is 0. The number of pyridine rings is 1. The van der Waals surface area contributed by atoms with Gasteiger partial charge in [0.2, 0.25) is 0 Å². The van der Waals surface area contributed by atoms with E-state index in [1.54, 1.807) is 30.6 Å². The van der Waals surface area contributed by atoms with Crippen molar-refractivity contribution in [3.8, 4) is 0 Å². The number of nitrogens with one attached hydrogen (secondary N) is 2. The minimum absolute atomic E-state index is 0.279. The summed E-state index contributed by atoms with van der Waals surface area (Å²) in [5.74, 6) is 0.584. The first kappa shape index (κ1) is 10.2. The molecular formula is C10H11N5O. The van der Waals surface area contributed by atoms with E-state index in [2.05, 4.69) is 20.8 Å². The fourth-order valence-electron chi connectivity index (χ4n) is 1.15. The van der Waals surface area contributed by atoms with Gasteiger partial charge in [0.25, 0.3) is 0 Å². The minimum atomic E-state index is -0.279. The number of hydrogen-bond donors (Lipinski definition) is 2. The van der Waals surface area contributed by atoms with Gasteiger partial charge in [-0.05, 0) is 18.2 Å². The number of carbonyl (C=O) groups excluding carboxylic acids is 1. The highest BCUT2D eigenvalue weighted by atomic mass is 16.2. The van der Waals surface area contributed by atoms with Gasteiger partial charge in [0.15, 0.2) is 0 Å². The Morgan fingerprint density at radius 1 is 1.44 bits per heavy atom. The Hall–Kier alpha value is -2.37. The summed E-state index contributed by atoms with van der Waals surface area (Å²) >= 11 is 0. The number of amides is 2. The van der Waals surface area contributed by atoms with E-state index in [0.29, 0.717) is 12.4 Å². The van der Waals surface area contributed by atoms with Crippen LogP contribution in [-0.4, -0.2) is 28.8 Å². The second-order valence-electron chi connectivity index (χ2n) is 3.07. The summed E-state index contributed by atoms with van der Waals surface area (Å²) in [4.78, 5) is 20.9. The maximum absolute atomic E-state index is 11.6. The fraction of sp³-hybridized carbons (Fsp3) is 0.100. The number of anilines is 1. The van der Waals surface area contributed by atoms with Crippen LogP contribution in [-0.2, 0) is 0 Å². The van der Waals surface area contributed by atoms with Crippen molar-refractivity contribution in [1.29, 1.82) is 0 Å². The maximum atomic E-state index is 11.6. The van der Waals surface area contributed by atoms with E-state index in [1.165, 1.54) is 11.2 Å². The molecule has 1 aliphatic heterocycles. The van der Waals surface area contributed by atoms with E-state index in [1.807, 2.05) is 6.07 Å². The topological polar surface area (TPSA) is 69.6 Å². The number of nitrogens with zero attached hydrogens (tertiary/aromatic N) is 3. The molecule has 0 atom stereocenters. The molecule has 6 heteroatoms. The SMILES string of the molecule is O=C(NNc1ccccn1)N1C=NC=CC1. The average Bonchev–Trinajstić information content (AvgIpc) is 2.38. The highest BCUT2D eigenvalue weighted by molar-refractivity contribution is 5.87. The summed E-state index contributed by atoms with van der Waals surface area (Å²) in [6.45, 7) is 0.513. The van der Waals surface area contributed by atoms with Crippen molar-refractivity contribution in [2.24, 2.45) is 4.99 Å². The number of aliphatic imine (C=N–C) groups is 1. The first-order valence-electron chi connectivity index (χ1n) is 4.78. The zero-order valence-electron chi connectivity index (χ0n) is 8.50. The molecule has 6 nitrogen and oxygen atoms in total. The van der Waals surface area contributed by atoms with E-state index in [0.717, 1.165) is 0 Å². The predicted molar refractivity (Wildman–Crippen MR) is 60.7 cm³/mol. The Labute approximate surface area is 92.7 Å². The van der Waals surface area contributed by atoms with E-state index in [4.69, 9.17) is 0 Å². The zero-order chi connectivity index (χ0) is 11.2. The van der Waals surface area contributed by atoms with Gasteiger partial charge in [0.05, 0.1) is 6.34 Å².